The molecule has 2 aromatic carbocycles. The van der Waals surface area contributed by atoms with Crippen molar-refractivity contribution in [1.82, 2.24) is 14.8 Å². The molecule has 0 amide bonds. The number of hydrogen-bond acceptors (Lipinski definition) is 6. The first kappa shape index (κ1) is 17.1. The Morgan fingerprint density at radius 2 is 1.92 bits per heavy atom. The number of aromatic nitrogens is 3. The van der Waals surface area contributed by atoms with Crippen LogP contribution in [0.1, 0.15) is 15.9 Å². The number of benzene rings is 2. The Morgan fingerprint density at radius 1 is 1.19 bits per heavy atom. The molecular formula is C16H10F2N4O4. The Balaban J connectivity index is 1.81. The maximum atomic E-state index is 13.1. The molecular weight excluding hydrogens is 350 g/mol. The molecule has 3 aromatic rings. The van der Waals surface area contributed by atoms with Crippen molar-refractivity contribution in [2.24, 2.45) is 0 Å². The van der Waals surface area contributed by atoms with Crippen LogP contribution in [-0.2, 0) is 11.3 Å². The lowest BCUT2D eigenvalue weighted by Crippen LogP contribution is -2.08. The van der Waals surface area contributed by atoms with E-state index >= 15 is 0 Å². The number of hydrogen-bond donors (Lipinski definition) is 0. The van der Waals surface area contributed by atoms with Gasteiger partial charge in [0.15, 0.2) is 0 Å². The van der Waals surface area contributed by atoms with Crippen LogP contribution in [0.25, 0.3) is 5.69 Å². The highest BCUT2D eigenvalue weighted by atomic mass is 19.1. The second kappa shape index (κ2) is 7.05. The van der Waals surface area contributed by atoms with Crippen LogP contribution in [0.5, 0.6) is 0 Å². The third-order valence-electron chi connectivity index (χ3n) is 3.37. The number of nitro benzene ring substituents is 1. The van der Waals surface area contributed by atoms with Gasteiger partial charge in [-0.2, -0.15) is 5.10 Å². The van der Waals surface area contributed by atoms with E-state index in [2.05, 4.69) is 10.1 Å². The van der Waals surface area contributed by atoms with Crippen molar-refractivity contribution in [1.29, 1.82) is 0 Å². The molecule has 0 atom stereocenters. The molecule has 10 heteroatoms. The average Bonchev–Trinajstić information content (AvgIpc) is 3.12. The van der Waals surface area contributed by atoms with Crippen molar-refractivity contribution < 1.29 is 23.2 Å². The summed E-state index contributed by atoms with van der Waals surface area (Å²) >= 11 is 0. The molecule has 0 bridgehead atoms. The van der Waals surface area contributed by atoms with E-state index in [0.717, 1.165) is 18.2 Å². The van der Waals surface area contributed by atoms with Gasteiger partial charge in [-0.3, -0.25) is 10.1 Å². The number of nitrogens with zero attached hydrogens (tertiary/aromatic N) is 4. The second-order valence-corrected chi connectivity index (χ2v) is 5.15. The molecule has 26 heavy (non-hydrogen) atoms. The topological polar surface area (TPSA) is 100 Å². The Morgan fingerprint density at radius 3 is 2.54 bits per heavy atom. The van der Waals surface area contributed by atoms with Crippen molar-refractivity contribution in [2.75, 3.05) is 0 Å². The van der Waals surface area contributed by atoms with E-state index in [-0.39, 0.29) is 29.1 Å². The third-order valence-corrected chi connectivity index (χ3v) is 3.37. The molecule has 0 saturated heterocycles. The molecule has 1 aromatic heterocycles. The summed E-state index contributed by atoms with van der Waals surface area (Å²) in [5.41, 5.74) is -0.222. The van der Waals surface area contributed by atoms with E-state index < -0.39 is 22.5 Å². The van der Waals surface area contributed by atoms with Crippen LogP contribution in [0.3, 0.4) is 0 Å². The highest BCUT2D eigenvalue weighted by molar-refractivity contribution is 5.90. The van der Waals surface area contributed by atoms with Gasteiger partial charge in [0.05, 0.1) is 10.5 Å². The molecule has 0 aliphatic carbocycles. The minimum atomic E-state index is -0.872. The van der Waals surface area contributed by atoms with Gasteiger partial charge >= 0.3 is 5.97 Å². The minimum Gasteiger partial charge on any atom is -0.457 e. The molecule has 0 aliphatic heterocycles. The van der Waals surface area contributed by atoms with Crippen molar-refractivity contribution in [2.45, 2.75) is 6.61 Å². The molecule has 0 radical (unpaired) electrons. The fraction of sp³-hybridized carbons (Fsp3) is 0.0625. The van der Waals surface area contributed by atoms with Gasteiger partial charge in [-0.25, -0.2) is 23.2 Å². The summed E-state index contributed by atoms with van der Waals surface area (Å²) in [5.74, 6) is -2.48. The minimum absolute atomic E-state index is 0.0857. The van der Waals surface area contributed by atoms with Crippen LogP contribution in [0.15, 0.2) is 49.1 Å². The van der Waals surface area contributed by atoms with Gasteiger partial charge in [0.2, 0.25) is 0 Å². The smallest absolute Gasteiger partial charge is 0.338 e. The highest BCUT2D eigenvalue weighted by Crippen LogP contribution is 2.24. The summed E-state index contributed by atoms with van der Waals surface area (Å²) < 4.78 is 32.4. The predicted molar refractivity (Wildman–Crippen MR) is 83.5 cm³/mol. The predicted octanol–water partition coefficient (Wildman–Crippen LogP) is 2.81. The molecule has 8 nitrogen and oxygen atoms in total. The van der Waals surface area contributed by atoms with Gasteiger partial charge in [-0.15, -0.1) is 0 Å². The first-order valence-corrected chi connectivity index (χ1v) is 7.19. The normalized spacial score (nSPS) is 10.5. The van der Waals surface area contributed by atoms with Crippen LogP contribution < -0.4 is 0 Å². The van der Waals surface area contributed by atoms with E-state index in [1.54, 1.807) is 0 Å². The number of nitro groups is 1. The average molecular weight is 360 g/mol. The lowest BCUT2D eigenvalue weighted by Gasteiger charge is -2.07. The molecule has 0 fully saturated rings. The molecule has 132 valence electrons. The zero-order chi connectivity index (χ0) is 18.7. The van der Waals surface area contributed by atoms with E-state index in [4.69, 9.17) is 4.74 Å². The summed E-state index contributed by atoms with van der Waals surface area (Å²) in [4.78, 5) is 26.4. The first-order chi connectivity index (χ1) is 12.4. The Hall–Kier alpha value is -3.69. The van der Waals surface area contributed by atoms with E-state index in [0.29, 0.717) is 6.07 Å². The molecule has 0 unspecified atom stereocenters. The maximum absolute atomic E-state index is 13.1. The maximum Gasteiger partial charge on any atom is 0.338 e. The van der Waals surface area contributed by atoms with Crippen LogP contribution >= 0.6 is 0 Å². The lowest BCUT2D eigenvalue weighted by molar-refractivity contribution is -0.384. The van der Waals surface area contributed by atoms with Crippen molar-refractivity contribution in [3.05, 3.63) is 81.9 Å². The summed E-state index contributed by atoms with van der Waals surface area (Å²) in [7, 11) is 0. The number of halogens is 2. The SMILES string of the molecule is O=C(OCc1cc(F)cc(F)c1)c1ccc(-n2cncn2)c([N+](=O)[O-])c1. The number of ether oxygens (including phenoxy) is 1. The van der Waals surface area contributed by atoms with Crippen molar-refractivity contribution in [3.63, 3.8) is 0 Å². The summed E-state index contributed by atoms with van der Waals surface area (Å²) in [5, 5.41) is 15.1. The van der Waals surface area contributed by atoms with Gasteiger partial charge in [-0.05, 0) is 29.8 Å². The van der Waals surface area contributed by atoms with Crippen molar-refractivity contribution in [3.8, 4) is 5.69 Å². The zero-order valence-corrected chi connectivity index (χ0v) is 13.0. The summed E-state index contributed by atoms with van der Waals surface area (Å²) in [6.07, 6.45) is 2.49. The fourth-order valence-electron chi connectivity index (χ4n) is 2.25. The molecule has 0 spiro atoms. The molecule has 1 heterocycles. The Bertz CT molecular complexity index is 956. The standard InChI is InChI=1S/C16H10F2N4O4/c17-12-3-10(4-13(18)6-12)7-26-16(23)11-1-2-14(15(5-11)22(24)25)21-9-19-8-20-21/h1-6,8-9H,7H2. The number of rotatable bonds is 5. The molecule has 0 saturated carbocycles. The van der Waals surface area contributed by atoms with Crippen LogP contribution in [0.2, 0.25) is 0 Å². The zero-order valence-electron chi connectivity index (χ0n) is 13.0. The van der Waals surface area contributed by atoms with Crippen molar-refractivity contribution >= 4 is 11.7 Å². The summed E-state index contributed by atoms with van der Waals surface area (Å²) in [6, 6.07) is 6.41. The molecule has 0 N–H and O–H groups in total. The Kier molecular flexibility index (Phi) is 4.65. The highest BCUT2D eigenvalue weighted by Gasteiger charge is 2.20. The number of carbonyl (C=O) groups is 1. The van der Waals surface area contributed by atoms with Gasteiger partial charge in [0.1, 0.15) is 36.6 Å². The second-order valence-electron chi connectivity index (χ2n) is 5.15. The number of carbonyl (C=O) groups excluding carboxylic acids is 1. The third kappa shape index (κ3) is 3.69. The number of esters is 1. The van der Waals surface area contributed by atoms with Gasteiger partial charge in [-0.1, -0.05) is 0 Å². The lowest BCUT2D eigenvalue weighted by atomic mass is 10.1. The summed E-state index contributed by atoms with van der Waals surface area (Å²) in [6.45, 7) is -0.383. The Labute approximate surface area is 144 Å². The van der Waals surface area contributed by atoms with Gasteiger partial charge in [0.25, 0.3) is 5.69 Å². The van der Waals surface area contributed by atoms with Gasteiger partial charge < -0.3 is 4.74 Å². The molecule has 0 aliphatic rings. The monoisotopic (exact) mass is 360 g/mol. The first-order valence-electron chi connectivity index (χ1n) is 7.19. The van der Waals surface area contributed by atoms with Crippen LogP contribution in [-0.4, -0.2) is 25.7 Å². The van der Waals surface area contributed by atoms with E-state index in [1.807, 2.05) is 0 Å². The van der Waals surface area contributed by atoms with E-state index in [1.165, 1.54) is 29.5 Å². The van der Waals surface area contributed by atoms with Crippen LogP contribution in [0.4, 0.5) is 14.5 Å². The van der Waals surface area contributed by atoms with Gasteiger partial charge in [0, 0.05) is 12.1 Å². The fourth-order valence-corrected chi connectivity index (χ4v) is 2.25. The quantitative estimate of drug-likeness (QED) is 0.394. The van der Waals surface area contributed by atoms with E-state index in [9.17, 15) is 23.7 Å². The molecule has 3 rings (SSSR count). The van der Waals surface area contributed by atoms with Crippen LogP contribution in [0, 0.1) is 21.7 Å². The largest absolute Gasteiger partial charge is 0.457 e.